The van der Waals surface area contributed by atoms with Crippen LogP contribution in [0.15, 0.2) is 0 Å². The van der Waals surface area contributed by atoms with E-state index >= 15 is 0 Å². The third-order valence-electron chi connectivity index (χ3n) is 7.61. The molecule has 3 rings (SSSR count). The molecule has 2 unspecified atom stereocenters. The van der Waals surface area contributed by atoms with Crippen molar-refractivity contribution in [3.8, 4) is 0 Å². The van der Waals surface area contributed by atoms with Gasteiger partial charge in [0.1, 0.15) is 0 Å². The normalized spacial score (nSPS) is 31.0. The number of likely N-dealkylation sites (tertiary alicyclic amines) is 1. The van der Waals surface area contributed by atoms with Crippen LogP contribution in [0.5, 0.6) is 0 Å². The van der Waals surface area contributed by atoms with E-state index in [1.807, 2.05) is 7.05 Å². The van der Waals surface area contributed by atoms with Gasteiger partial charge in [0.25, 0.3) is 26.1 Å². The van der Waals surface area contributed by atoms with Crippen LogP contribution in [0.1, 0.15) is 64.2 Å². The summed E-state index contributed by atoms with van der Waals surface area (Å²) < 4.78 is 65.0. The number of likely N-dealkylation sites (N-methyl/N-ethyl adjacent to an activating group) is 1. The van der Waals surface area contributed by atoms with E-state index < -0.39 is 43.6 Å². The van der Waals surface area contributed by atoms with Crippen LogP contribution in [-0.2, 0) is 25.0 Å². The van der Waals surface area contributed by atoms with Crippen molar-refractivity contribution in [3.63, 3.8) is 0 Å². The van der Waals surface area contributed by atoms with Gasteiger partial charge in [0.15, 0.2) is 6.54 Å². The topological polar surface area (TPSA) is 129 Å². The Labute approximate surface area is 192 Å². The van der Waals surface area contributed by atoms with Gasteiger partial charge in [-0.1, -0.05) is 38.5 Å². The number of nitrogens with zero attached hydrogens (tertiary/aromatic N) is 2. The van der Waals surface area contributed by atoms with Gasteiger partial charge in [-0.05, 0) is 25.7 Å². The maximum Gasteiger partial charge on any atom is 0.278 e. The summed E-state index contributed by atoms with van der Waals surface area (Å²) in [4.78, 5) is 15.8. The maximum atomic E-state index is 13.7. The van der Waals surface area contributed by atoms with E-state index in [9.17, 15) is 30.7 Å². The van der Waals surface area contributed by atoms with Crippen LogP contribution in [0, 0.1) is 11.8 Å². The second kappa shape index (κ2) is 10.2. The average molecular weight is 496 g/mol. The Morgan fingerprint density at radius 3 is 1.50 bits per heavy atom. The van der Waals surface area contributed by atoms with Crippen molar-refractivity contribution >= 4 is 26.1 Å². The summed E-state index contributed by atoms with van der Waals surface area (Å²) in [6, 6.07) is 0.492. The minimum atomic E-state index is -4.31. The predicted molar refractivity (Wildman–Crippen MR) is 121 cm³/mol. The van der Waals surface area contributed by atoms with Crippen LogP contribution in [0.3, 0.4) is 0 Å². The van der Waals surface area contributed by atoms with Gasteiger partial charge >= 0.3 is 0 Å². The minimum Gasteiger partial charge on any atom is -0.332 e. The summed E-state index contributed by atoms with van der Waals surface area (Å²) in [5.41, 5.74) is 0. The lowest BCUT2D eigenvalue weighted by molar-refractivity contribution is -0.892. The van der Waals surface area contributed by atoms with Gasteiger partial charge in [-0.15, -0.1) is 0 Å². The fourth-order valence-corrected chi connectivity index (χ4v) is 8.22. The zero-order valence-electron chi connectivity index (χ0n) is 19.1. The monoisotopic (exact) mass is 495 g/mol. The molecule has 2 saturated carbocycles. The van der Waals surface area contributed by atoms with Crippen LogP contribution in [0.4, 0.5) is 0 Å². The van der Waals surface area contributed by atoms with Crippen molar-refractivity contribution in [2.75, 3.05) is 38.2 Å². The molecular formula is C21H39N2O7S2+. The molecule has 1 aliphatic heterocycles. The fraction of sp³-hybridized carbons (Fsp3) is 0.952. The molecule has 11 heteroatoms. The molecule has 186 valence electrons. The molecule has 2 aliphatic carbocycles. The molecule has 0 radical (unpaired) electrons. The highest BCUT2D eigenvalue weighted by Gasteiger charge is 2.48. The van der Waals surface area contributed by atoms with Gasteiger partial charge in [-0.3, -0.25) is 13.9 Å². The lowest BCUT2D eigenvalue weighted by atomic mass is 9.88. The van der Waals surface area contributed by atoms with E-state index in [1.165, 1.54) is 12.8 Å². The summed E-state index contributed by atoms with van der Waals surface area (Å²) in [6.07, 6.45) is 11.0. The number of amides is 1. The van der Waals surface area contributed by atoms with E-state index in [-0.39, 0.29) is 42.1 Å². The number of carbonyl (C=O) groups excluding carboxylic acids is 1. The molecule has 2 N–H and O–H groups in total. The molecule has 0 aromatic carbocycles. The van der Waals surface area contributed by atoms with E-state index in [0.29, 0.717) is 0 Å². The Balaban J connectivity index is 1.77. The molecule has 3 fully saturated rings. The summed E-state index contributed by atoms with van der Waals surface area (Å²) in [5, 5.41) is 0. The first-order chi connectivity index (χ1) is 14.9. The van der Waals surface area contributed by atoms with E-state index in [4.69, 9.17) is 0 Å². The number of quaternary nitrogens is 1. The second-order valence-electron chi connectivity index (χ2n) is 10.5. The molecule has 32 heavy (non-hydrogen) atoms. The smallest absolute Gasteiger partial charge is 0.278 e. The van der Waals surface area contributed by atoms with Crippen LogP contribution in [0.2, 0.25) is 0 Å². The molecule has 2 atom stereocenters. The second-order valence-corrected chi connectivity index (χ2v) is 13.5. The summed E-state index contributed by atoms with van der Waals surface area (Å²) >= 11 is 0. The number of hydrogen-bond donors (Lipinski definition) is 2. The largest absolute Gasteiger partial charge is 0.332 e. The van der Waals surface area contributed by atoms with Crippen molar-refractivity contribution in [1.82, 2.24) is 4.90 Å². The molecular weight excluding hydrogens is 456 g/mol. The first kappa shape index (κ1) is 25.9. The van der Waals surface area contributed by atoms with Crippen LogP contribution in [-0.4, -0.2) is 91.5 Å². The highest BCUT2D eigenvalue weighted by atomic mass is 32.2. The Morgan fingerprint density at radius 2 is 1.16 bits per heavy atom. The van der Waals surface area contributed by atoms with Gasteiger partial charge in [-0.25, -0.2) is 0 Å². The SMILES string of the molecule is C[N+]1(CC(=O)N(C2CCCCC2)C2CCCCC2)CC(CS(=O)(=O)O)C(CS(=O)(=O)O)C1. The molecule has 0 aromatic heterocycles. The van der Waals surface area contributed by atoms with Crippen molar-refractivity contribution in [2.24, 2.45) is 11.8 Å². The number of hydrogen-bond acceptors (Lipinski definition) is 5. The maximum absolute atomic E-state index is 13.7. The van der Waals surface area contributed by atoms with E-state index in [1.54, 1.807) is 0 Å². The van der Waals surface area contributed by atoms with Gasteiger partial charge in [-0.2, -0.15) is 16.8 Å². The molecule has 9 nitrogen and oxygen atoms in total. The molecule has 1 saturated heterocycles. The quantitative estimate of drug-likeness (QED) is 0.389. The molecule has 1 heterocycles. The van der Waals surface area contributed by atoms with Crippen molar-refractivity contribution in [1.29, 1.82) is 0 Å². The zero-order chi connectivity index (χ0) is 23.6. The van der Waals surface area contributed by atoms with Gasteiger partial charge in [0, 0.05) is 23.9 Å². The highest BCUT2D eigenvalue weighted by molar-refractivity contribution is 7.86. The van der Waals surface area contributed by atoms with E-state index in [2.05, 4.69) is 4.90 Å². The lowest BCUT2D eigenvalue weighted by Gasteiger charge is -2.43. The third-order valence-corrected chi connectivity index (χ3v) is 9.31. The van der Waals surface area contributed by atoms with Crippen molar-refractivity contribution in [2.45, 2.75) is 76.3 Å². The molecule has 0 aromatic rings. The molecule has 0 bridgehead atoms. The number of rotatable bonds is 8. The van der Waals surface area contributed by atoms with Crippen molar-refractivity contribution < 1.29 is 35.2 Å². The molecule has 3 aliphatic rings. The minimum absolute atomic E-state index is 0.0596. The molecule has 0 spiro atoms. The van der Waals surface area contributed by atoms with Gasteiger partial charge < -0.3 is 9.38 Å². The zero-order valence-corrected chi connectivity index (χ0v) is 20.7. The van der Waals surface area contributed by atoms with Gasteiger partial charge in [0.2, 0.25) is 0 Å². The van der Waals surface area contributed by atoms with Crippen molar-refractivity contribution in [3.05, 3.63) is 0 Å². The number of carbonyl (C=O) groups is 1. The fourth-order valence-electron chi connectivity index (χ4n) is 6.38. The van der Waals surface area contributed by atoms with Crippen LogP contribution in [0.25, 0.3) is 0 Å². The Bertz CT molecular complexity index is 803. The predicted octanol–water partition coefficient (Wildman–Crippen LogP) is 1.95. The first-order valence-corrected chi connectivity index (χ1v) is 15.1. The summed E-state index contributed by atoms with van der Waals surface area (Å²) in [6.45, 7) is 0.723. The van der Waals surface area contributed by atoms with Crippen LogP contribution < -0.4 is 0 Å². The Hall–Kier alpha value is -0.750. The van der Waals surface area contributed by atoms with Gasteiger partial charge in [0.05, 0.1) is 31.6 Å². The molecule has 1 amide bonds. The highest BCUT2D eigenvalue weighted by Crippen LogP contribution is 2.34. The lowest BCUT2D eigenvalue weighted by Crippen LogP contribution is -2.56. The van der Waals surface area contributed by atoms with Crippen LogP contribution >= 0.6 is 0 Å². The summed E-state index contributed by atoms with van der Waals surface area (Å²) in [5.74, 6) is -2.34. The Morgan fingerprint density at radius 1 is 0.781 bits per heavy atom. The standard InChI is InChI=1S/C21H38N2O7S2/c1-23(12-17(15-31(25,26)27)18(13-23)16-32(28,29)30)14-21(24)22(19-8-4-2-5-9-19)20-10-6-3-7-11-20/h17-20H,2-16H2,1H3,(H-,25,26,27,28,29,30)/p+1. The third kappa shape index (κ3) is 7.38. The summed E-state index contributed by atoms with van der Waals surface area (Å²) in [7, 11) is -6.77. The first-order valence-electron chi connectivity index (χ1n) is 11.9. The average Bonchev–Trinajstić information content (AvgIpc) is 2.94. The Kier molecular flexibility index (Phi) is 8.28. The van der Waals surface area contributed by atoms with E-state index in [0.717, 1.165) is 51.4 Å².